The van der Waals surface area contributed by atoms with Gasteiger partial charge in [0.05, 0.1) is 0 Å². The number of ether oxygens (including phenoxy) is 3. The van der Waals surface area contributed by atoms with Crippen LogP contribution in [0, 0.1) is 11.8 Å². The van der Waals surface area contributed by atoms with Gasteiger partial charge in [-0.2, -0.15) is 0 Å². The van der Waals surface area contributed by atoms with Gasteiger partial charge in [-0.3, -0.25) is 14.4 Å². The summed E-state index contributed by atoms with van der Waals surface area (Å²) < 4.78 is 16.8. The fourth-order valence-corrected chi connectivity index (χ4v) is 7.81. The number of carbonyl (C=O) groups excluding carboxylic acids is 3. The molecule has 6 nitrogen and oxygen atoms in total. The van der Waals surface area contributed by atoms with Crippen LogP contribution in [0.5, 0.6) is 0 Å². The number of esters is 3. The summed E-state index contributed by atoms with van der Waals surface area (Å²) in [5.74, 6) is 0.775. The highest BCUT2D eigenvalue weighted by Crippen LogP contribution is 2.17. The minimum absolute atomic E-state index is 0.0644. The van der Waals surface area contributed by atoms with E-state index >= 15 is 0 Å². The van der Waals surface area contributed by atoms with E-state index in [2.05, 4.69) is 34.6 Å². The Hall–Kier alpha value is -1.59. The number of rotatable bonds is 46. The van der Waals surface area contributed by atoms with Crippen molar-refractivity contribution in [2.75, 3.05) is 13.2 Å². The molecule has 58 heavy (non-hydrogen) atoms. The van der Waals surface area contributed by atoms with Crippen molar-refractivity contribution >= 4 is 17.9 Å². The van der Waals surface area contributed by atoms with Crippen LogP contribution in [-0.4, -0.2) is 37.2 Å². The van der Waals surface area contributed by atoms with Gasteiger partial charge in [-0.25, -0.2) is 0 Å². The Morgan fingerprint density at radius 2 is 0.569 bits per heavy atom. The third-order valence-corrected chi connectivity index (χ3v) is 11.7. The molecule has 0 saturated heterocycles. The molecular weight excluding hydrogens is 721 g/mol. The van der Waals surface area contributed by atoms with Crippen LogP contribution in [0.2, 0.25) is 0 Å². The van der Waals surface area contributed by atoms with Gasteiger partial charge in [0.2, 0.25) is 0 Å². The van der Waals surface area contributed by atoms with E-state index in [1.165, 1.54) is 173 Å². The maximum Gasteiger partial charge on any atom is 0.306 e. The molecule has 0 N–H and O–H groups in total. The lowest BCUT2D eigenvalue weighted by molar-refractivity contribution is -0.167. The molecular formula is C52H100O6. The Balaban J connectivity index is 4.24. The molecule has 0 heterocycles. The third kappa shape index (κ3) is 45.5. The molecule has 0 rings (SSSR count). The summed E-state index contributed by atoms with van der Waals surface area (Å²) in [7, 11) is 0. The molecule has 0 radical (unpaired) electrons. The summed E-state index contributed by atoms with van der Waals surface area (Å²) in [6.45, 7) is 11.3. The second kappa shape index (κ2) is 44.9. The smallest absolute Gasteiger partial charge is 0.306 e. The predicted octanol–water partition coefficient (Wildman–Crippen LogP) is 16.5. The molecule has 1 atom stereocenters. The highest BCUT2D eigenvalue weighted by molar-refractivity contribution is 5.71. The fourth-order valence-electron chi connectivity index (χ4n) is 7.81. The summed E-state index contributed by atoms with van der Waals surface area (Å²) in [5.41, 5.74) is 0. The fraction of sp³-hybridized carbons (Fsp3) is 0.942. The van der Waals surface area contributed by atoms with Crippen molar-refractivity contribution in [1.29, 1.82) is 0 Å². The van der Waals surface area contributed by atoms with Crippen LogP contribution in [0.3, 0.4) is 0 Å². The van der Waals surface area contributed by atoms with Crippen molar-refractivity contribution < 1.29 is 28.6 Å². The van der Waals surface area contributed by atoms with Gasteiger partial charge in [-0.1, -0.05) is 247 Å². The van der Waals surface area contributed by atoms with Crippen LogP contribution in [0.25, 0.3) is 0 Å². The number of hydrogen-bond donors (Lipinski definition) is 0. The van der Waals surface area contributed by atoms with E-state index in [4.69, 9.17) is 14.2 Å². The average molecular weight is 821 g/mol. The Kier molecular flexibility index (Phi) is 43.7. The van der Waals surface area contributed by atoms with Crippen molar-refractivity contribution in [2.45, 2.75) is 291 Å². The first-order chi connectivity index (χ1) is 28.2. The second-order valence-corrected chi connectivity index (χ2v) is 18.8. The SMILES string of the molecule is CCCCCCCCCCCCCCC(=O)OC[C@H](COC(=O)CCCCCCCCCCCCCCCCCC(C)C)OC(=O)CCCCCCCCCC(C)C. The van der Waals surface area contributed by atoms with Crippen LogP contribution in [-0.2, 0) is 28.6 Å². The summed E-state index contributed by atoms with van der Waals surface area (Å²) in [6.07, 6.45) is 45.3. The maximum atomic E-state index is 12.7. The number of unbranched alkanes of at least 4 members (excludes halogenated alkanes) is 31. The molecule has 0 aliphatic carbocycles. The highest BCUT2D eigenvalue weighted by Gasteiger charge is 2.19. The van der Waals surface area contributed by atoms with E-state index in [1.54, 1.807) is 0 Å². The molecule has 0 aliphatic rings. The summed E-state index contributed by atoms with van der Waals surface area (Å²) >= 11 is 0. The van der Waals surface area contributed by atoms with E-state index in [1.807, 2.05) is 0 Å². The zero-order valence-electron chi connectivity index (χ0n) is 39.7. The minimum atomic E-state index is -0.761. The largest absolute Gasteiger partial charge is 0.462 e. The van der Waals surface area contributed by atoms with Crippen LogP contribution in [0.4, 0.5) is 0 Å². The van der Waals surface area contributed by atoms with Gasteiger partial charge in [0.15, 0.2) is 6.10 Å². The summed E-state index contributed by atoms with van der Waals surface area (Å²) in [5, 5.41) is 0. The second-order valence-electron chi connectivity index (χ2n) is 18.8. The van der Waals surface area contributed by atoms with Gasteiger partial charge < -0.3 is 14.2 Å². The monoisotopic (exact) mass is 821 g/mol. The van der Waals surface area contributed by atoms with Gasteiger partial charge in [-0.05, 0) is 31.1 Å². The first-order valence-corrected chi connectivity index (χ1v) is 25.7. The van der Waals surface area contributed by atoms with Crippen molar-refractivity contribution in [3.05, 3.63) is 0 Å². The summed E-state index contributed by atoms with van der Waals surface area (Å²) in [4.78, 5) is 37.9. The standard InChI is InChI=1S/C52H100O6/c1-6-7-8-9-10-11-12-19-22-27-32-37-42-50(53)56-45-49(58-52(55)44-39-34-29-24-26-31-36-41-48(4)5)46-57-51(54)43-38-33-28-23-20-17-15-13-14-16-18-21-25-30-35-40-47(2)3/h47-49H,6-46H2,1-5H3/t49-/m1/s1. The normalized spacial score (nSPS) is 12.1. The average Bonchev–Trinajstić information content (AvgIpc) is 3.19. The van der Waals surface area contributed by atoms with Crippen LogP contribution >= 0.6 is 0 Å². The Morgan fingerprint density at radius 1 is 0.328 bits per heavy atom. The molecule has 0 aromatic heterocycles. The molecule has 0 aromatic rings. The maximum absolute atomic E-state index is 12.7. The Labute approximate surface area is 361 Å². The van der Waals surface area contributed by atoms with E-state index in [0.29, 0.717) is 19.3 Å². The zero-order chi connectivity index (χ0) is 42.6. The number of carbonyl (C=O) groups is 3. The lowest BCUT2D eigenvalue weighted by Crippen LogP contribution is -2.30. The molecule has 6 heteroatoms. The zero-order valence-corrected chi connectivity index (χ0v) is 39.7. The first-order valence-electron chi connectivity index (χ1n) is 25.7. The Bertz CT molecular complexity index is 885. The van der Waals surface area contributed by atoms with Crippen molar-refractivity contribution in [2.24, 2.45) is 11.8 Å². The Morgan fingerprint density at radius 3 is 0.845 bits per heavy atom. The molecule has 0 aliphatic heterocycles. The first kappa shape index (κ1) is 56.4. The van der Waals surface area contributed by atoms with Gasteiger partial charge in [0.25, 0.3) is 0 Å². The van der Waals surface area contributed by atoms with E-state index in [-0.39, 0.29) is 31.1 Å². The van der Waals surface area contributed by atoms with Crippen molar-refractivity contribution in [1.82, 2.24) is 0 Å². The van der Waals surface area contributed by atoms with Crippen LogP contribution < -0.4 is 0 Å². The molecule has 0 unspecified atom stereocenters. The van der Waals surface area contributed by atoms with Gasteiger partial charge in [-0.15, -0.1) is 0 Å². The number of hydrogen-bond acceptors (Lipinski definition) is 6. The van der Waals surface area contributed by atoms with Gasteiger partial charge in [0, 0.05) is 19.3 Å². The van der Waals surface area contributed by atoms with E-state index < -0.39 is 6.10 Å². The van der Waals surface area contributed by atoms with E-state index in [9.17, 15) is 14.4 Å². The van der Waals surface area contributed by atoms with Crippen molar-refractivity contribution in [3.63, 3.8) is 0 Å². The quantitative estimate of drug-likeness (QED) is 0.0346. The molecule has 344 valence electrons. The predicted molar refractivity (Wildman–Crippen MR) is 247 cm³/mol. The van der Waals surface area contributed by atoms with Crippen molar-refractivity contribution in [3.8, 4) is 0 Å². The topological polar surface area (TPSA) is 78.9 Å². The van der Waals surface area contributed by atoms with Gasteiger partial charge in [0.1, 0.15) is 13.2 Å². The molecule has 0 spiro atoms. The highest BCUT2D eigenvalue weighted by atomic mass is 16.6. The third-order valence-electron chi connectivity index (χ3n) is 11.7. The van der Waals surface area contributed by atoms with Gasteiger partial charge >= 0.3 is 17.9 Å². The molecule has 0 fully saturated rings. The summed E-state index contributed by atoms with van der Waals surface area (Å²) in [6, 6.07) is 0. The van der Waals surface area contributed by atoms with Crippen LogP contribution in [0.1, 0.15) is 285 Å². The molecule has 0 amide bonds. The lowest BCUT2D eigenvalue weighted by atomic mass is 10.0. The minimum Gasteiger partial charge on any atom is -0.462 e. The molecule has 0 aromatic carbocycles. The molecule has 0 saturated carbocycles. The molecule has 0 bridgehead atoms. The lowest BCUT2D eigenvalue weighted by Gasteiger charge is -2.18. The van der Waals surface area contributed by atoms with E-state index in [0.717, 1.165) is 69.6 Å². The van der Waals surface area contributed by atoms with Crippen LogP contribution in [0.15, 0.2) is 0 Å².